The van der Waals surface area contributed by atoms with Crippen LogP contribution >= 0.6 is 0 Å². The zero-order valence-corrected chi connectivity index (χ0v) is 16.3. The van der Waals surface area contributed by atoms with Crippen LogP contribution < -0.4 is 21.0 Å². The third-order valence-corrected chi connectivity index (χ3v) is 5.33. The molecule has 2 heterocycles. The number of nitrogens with zero attached hydrogens (tertiary/aromatic N) is 2. The van der Waals surface area contributed by atoms with Crippen LogP contribution in [0.5, 0.6) is 5.75 Å². The molecule has 1 aromatic heterocycles. The fraction of sp³-hybridized carbons (Fsp3) is 0.318. The minimum Gasteiger partial charge on any atom is -0.486 e. The van der Waals surface area contributed by atoms with Gasteiger partial charge in [0.25, 0.3) is 0 Å². The van der Waals surface area contributed by atoms with Crippen molar-refractivity contribution >= 4 is 22.3 Å². The second-order valence-corrected chi connectivity index (χ2v) is 7.35. The standard InChI is InChI=1S/C22H25N3O3/c1-15-4-3-5-19(21(15)23)27-14-17-12-16-6-7-18(13-20(16)28-22(17)26)25-10-8-24(2)9-11-25/h3-7,12-13H,8-11,14,23H2,1-2H3. The first-order chi connectivity index (χ1) is 13.5. The molecule has 146 valence electrons. The third-order valence-electron chi connectivity index (χ3n) is 5.33. The van der Waals surface area contributed by atoms with E-state index in [0.29, 0.717) is 22.6 Å². The predicted molar refractivity (Wildman–Crippen MR) is 112 cm³/mol. The van der Waals surface area contributed by atoms with Gasteiger partial charge in [-0.1, -0.05) is 12.1 Å². The molecule has 6 heteroatoms. The van der Waals surface area contributed by atoms with Crippen molar-refractivity contribution in [1.29, 1.82) is 0 Å². The molecule has 0 saturated carbocycles. The first-order valence-corrected chi connectivity index (χ1v) is 9.49. The largest absolute Gasteiger partial charge is 0.486 e. The van der Waals surface area contributed by atoms with Gasteiger partial charge in [-0.3, -0.25) is 0 Å². The Bertz CT molecular complexity index is 1050. The lowest BCUT2D eigenvalue weighted by Gasteiger charge is -2.34. The number of anilines is 2. The van der Waals surface area contributed by atoms with E-state index in [1.807, 2.05) is 37.3 Å². The summed E-state index contributed by atoms with van der Waals surface area (Å²) >= 11 is 0. The van der Waals surface area contributed by atoms with Crippen LogP contribution in [0.15, 0.2) is 51.7 Å². The second kappa shape index (κ2) is 7.56. The van der Waals surface area contributed by atoms with E-state index in [1.165, 1.54) is 0 Å². The van der Waals surface area contributed by atoms with Gasteiger partial charge in [-0.25, -0.2) is 4.79 Å². The monoisotopic (exact) mass is 379 g/mol. The van der Waals surface area contributed by atoms with Crippen LogP contribution in [-0.2, 0) is 6.61 Å². The third kappa shape index (κ3) is 3.68. The molecule has 6 nitrogen and oxygen atoms in total. The highest BCUT2D eigenvalue weighted by Gasteiger charge is 2.15. The maximum absolute atomic E-state index is 12.4. The molecule has 1 saturated heterocycles. The number of nitrogens with two attached hydrogens (primary N) is 1. The predicted octanol–water partition coefficient (Wildman–Crippen LogP) is 3.01. The van der Waals surface area contributed by atoms with Crippen molar-refractivity contribution in [2.45, 2.75) is 13.5 Å². The van der Waals surface area contributed by atoms with Crippen LogP contribution in [0.25, 0.3) is 11.0 Å². The number of hydrogen-bond acceptors (Lipinski definition) is 6. The van der Waals surface area contributed by atoms with E-state index in [-0.39, 0.29) is 12.2 Å². The average molecular weight is 379 g/mol. The van der Waals surface area contributed by atoms with Crippen LogP contribution in [0.2, 0.25) is 0 Å². The van der Waals surface area contributed by atoms with Gasteiger partial charge >= 0.3 is 5.63 Å². The highest BCUT2D eigenvalue weighted by molar-refractivity contribution is 5.81. The number of rotatable bonds is 4. The second-order valence-electron chi connectivity index (χ2n) is 7.35. The van der Waals surface area contributed by atoms with Crippen LogP contribution in [0.3, 0.4) is 0 Å². The fourth-order valence-corrected chi connectivity index (χ4v) is 3.44. The number of likely N-dealkylation sites (N-methyl/N-ethyl adjacent to an activating group) is 1. The maximum atomic E-state index is 12.4. The summed E-state index contributed by atoms with van der Waals surface area (Å²) in [7, 11) is 2.13. The molecule has 3 aromatic rings. The van der Waals surface area contributed by atoms with Gasteiger partial charge in [-0.05, 0) is 43.8 Å². The number of benzene rings is 2. The van der Waals surface area contributed by atoms with E-state index in [2.05, 4.69) is 22.9 Å². The molecular formula is C22H25N3O3. The molecule has 0 radical (unpaired) electrons. The Morgan fingerprint density at radius 1 is 1.11 bits per heavy atom. The van der Waals surface area contributed by atoms with Crippen LogP contribution in [0, 0.1) is 6.92 Å². The molecular weight excluding hydrogens is 354 g/mol. The van der Waals surface area contributed by atoms with Gasteiger partial charge in [-0.15, -0.1) is 0 Å². The Morgan fingerprint density at radius 2 is 1.89 bits per heavy atom. The van der Waals surface area contributed by atoms with Gasteiger partial charge in [0, 0.05) is 43.3 Å². The van der Waals surface area contributed by atoms with E-state index in [9.17, 15) is 4.79 Å². The quantitative estimate of drug-likeness (QED) is 0.555. The normalized spacial score (nSPS) is 15.1. The topological polar surface area (TPSA) is 71.9 Å². The Labute approximate surface area is 164 Å². The molecule has 1 fully saturated rings. The lowest BCUT2D eigenvalue weighted by atomic mass is 10.1. The SMILES string of the molecule is Cc1cccc(OCc2cc3ccc(N4CCN(C)CC4)cc3oc2=O)c1N. The summed E-state index contributed by atoms with van der Waals surface area (Å²) in [5, 5.41) is 0.883. The number of piperazine rings is 1. The minimum atomic E-state index is -0.380. The molecule has 2 aromatic carbocycles. The van der Waals surface area contributed by atoms with Crippen molar-refractivity contribution in [3.05, 3.63) is 64.0 Å². The number of aryl methyl sites for hydroxylation is 1. The molecule has 1 aliphatic rings. The van der Waals surface area contributed by atoms with Gasteiger partial charge in [0.05, 0.1) is 11.3 Å². The molecule has 4 rings (SSSR count). The van der Waals surface area contributed by atoms with E-state index < -0.39 is 0 Å². The summed E-state index contributed by atoms with van der Waals surface area (Å²) in [4.78, 5) is 17.1. The van der Waals surface area contributed by atoms with Gasteiger partial charge < -0.3 is 24.7 Å². The Balaban J connectivity index is 1.56. The zero-order chi connectivity index (χ0) is 19.7. The van der Waals surface area contributed by atoms with Crippen LogP contribution in [0.4, 0.5) is 11.4 Å². The summed E-state index contributed by atoms with van der Waals surface area (Å²) in [6, 6.07) is 13.5. The number of nitrogen functional groups attached to an aromatic ring is 1. The van der Waals surface area contributed by atoms with Gasteiger partial charge in [-0.2, -0.15) is 0 Å². The lowest BCUT2D eigenvalue weighted by Crippen LogP contribution is -2.44. The average Bonchev–Trinajstić information content (AvgIpc) is 2.69. The van der Waals surface area contributed by atoms with Crippen molar-refractivity contribution < 1.29 is 9.15 Å². The molecule has 0 atom stereocenters. The minimum absolute atomic E-state index is 0.117. The highest BCUT2D eigenvalue weighted by Crippen LogP contribution is 2.26. The Morgan fingerprint density at radius 3 is 2.68 bits per heavy atom. The molecule has 0 spiro atoms. The Kier molecular flexibility index (Phi) is 4.96. The van der Waals surface area contributed by atoms with E-state index in [1.54, 1.807) is 6.07 Å². The number of ether oxygens (including phenoxy) is 1. The molecule has 28 heavy (non-hydrogen) atoms. The van der Waals surface area contributed by atoms with Crippen LogP contribution in [-0.4, -0.2) is 38.1 Å². The molecule has 0 amide bonds. The molecule has 0 unspecified atom stereocenters. The molecule has 1 aliphatic heterocycles. The molecule has 0 bridgehead atoms. The zero-order valence-electron chi connectivity index (χ0n) is 16.3. The van der Waals surface area contributed by atoms with Crippen molar-refractivity contribution in [2.24, 2.45) is 0 Å². The van der Waals surface area contributed by atoms with E-state index in [4.69, 9.17) is 14.9 Å². The number of hydrogen-bond donors (Lipinski definition) is 1. The van der Waals surface area contributed by atoms with Gasteiger partial charge in [0.1, 0.15) is 17.9 Å². The first-order valence-electron chi connectivity index (χ1n) is 9.49. The lowest BCUT2D eigenvalue weighted by molar-refractivity contribution is 0.301. The summed E-state index contributed by atoms with van der Waals surface area (Å²) in [6.45, 7) is 6.03. The molecule has 0 aliphatic carbocycles. The van der Waals surface area contributed by atoms with E-state index in [0.717, 1.165) is 42.8 Å². The van der Waals surface area contributed by atoms with Gasteiger partial charge in [0.2, 0.25) is 0 Å². The van der Waals surface area contributed by atoms with Crippen LogP contribution in [0.1, 0.15) is 11.1 Å². The van der Waals surface area contributed by atoms with Crippen molar-refractivity contribution in [3.63, 3.8) is 0 Å². The summed E-state index contributed by atoms with van der Waals surface area (Å²) in [5.74, 6) is 0.574. The number of fused-ring (bicyclic) bond motifs is 1. The van der Waals surface area contributed by atoms with Crippen molar-refractivity contribution in [3.8, 4) is 5.75 Å². The summed E-state index contributed by atoms with van der Waals surface area (Å²) in [6.07, 6.45) is 0. The highest BCUT2D eigenvalue weighted by atomic mass is 16.5. The maximum Gasteiger partial charge on any atom is 0.342 e. The molecule has 2 N–H and O–H groups in total. The summed E-state index contributed by atoms with van der Waals surface area (Å²) < 4.78 is 11.3. The smallest absolute Gasteiger partial charge is 0.342 e. The Hall–Kier alpha value is -2.99. The summed E-state index contributed by atoms with van der Waals surface area (Å²) in [5.41, 5.74) is 9.34. The van der Waals surface area contributed by atoms with E-state index >= 15 is 0 Å². The van der Waals surface area contributed by atoms with Crippen molar-refractivity contribution in [1.82, 2.24) is 4.90 Å². The first kappa shape index (κ1) is 18.4. The number of para-hydroxylation sites is 1. The van der Waals surface area contributed by atoms with Gasteiger partial charge in [0.15, 0.2) is 0 Å². The van der Waals surface area contributed by atoms with Crippen molar-refractivity contribution in [2.75, 3.05) is 43.9 Å². The fourth-order valence-electron chi connectivity index (χ4n) is 3.44.